The molecule has 2 aromatic carbocycles. The van der Waals surface area contributed by atoms with E-state index < -0.39 is 5.91 Å². The number of carbonyl (C=O) groups is 1. The largest absolute Gasteiger partial charge is 0.366 e. The molecule has 2 aromatic rings. The van der Waals surface area contributed by atoms with E-state index in [2.05, 4.69) is 15.6 Å². The summed E-state index contributed by atoms with van der Waals surface area (Å²) in [5.41, 5.74) is 7.61. The van der Waals surface area contributed by atoms with Crippen LogP contribution in [0.1, 0.15) is 21.5 Å². The van der Waals surface area contributed by atoms with Gasteiger partial charge in [0.25, 0.3) is 0 Å². The molecule has 0 atom stereocenters. The third-order valence-corrected chi connectivity index (χ3v) is 3.94. The maximum Gasteiger partial charge on any atom is 0.248 e. The zero-order valence-electron chi connectivity index (χ0n) is 13.6. The summed E-state index contributed by atoms with van der Waals surface area (Å²) >= 11 is 12.0. The van der Waals surface area contributed by atoms with Crippen molar-refractivity contribution in [2.24, 2.45) is 10.7 Å². The van der Waals surface area contributed by atoms with Gasteiger partial charge in [-0.1, -0.05) is 41.4 Å². The van der Waals surface area contributed by atoms with Gasteiger partial charge in [-0.25, -0.2) is 0 Å². The quantitative estimate of drug-likeness (QED) is 0.339. The molecule has 2 rings (SSSR count). The molecule has 134 valence electrons. The van der Waals surface area contributed by atoms with Crippen LogP contribution in [-0.4, -0.2) is 18.9 Å². The van der Waals surface area contributed by atoms with Gasteiger partial charge >= 0.3 is 0 Å². The first-order chi connectivity index (χ1) is 11.5. The molecule has 0 saturated heterocycles. The Morgan fingerprint density at radius 2 is 1.84 bits per heavy atom. The number of nitrogens with one attached hydrogen (secondary N) is 2. The van der Waals surface area contributed by atoms with Crippen molar-refractivity contribution in [3.05, 3.63) is 69.2 Å². The molecule has 0 bridgehead atoms. The van der Waals surface area contributed by atoms with Crippen molar-refractivity contribution in [3.63, 3.8) is 0 Å². The summed E-state index contributed by atoms with van der Waals surface area (Å²) in [6, 6.07) is 12.5. The highest BCUT2D eigenvalue weighted by molar-refractivity contribution is 14.0. The van der Waals surface area contributed by atoms with Crippen molar-refractivity contribution < 1.29 is 4.79 Å². The molecule has 0 aliphatic rings. The summed E-state index contributed by atoms with van der Waals surface area (Å²) in [6.07, 6.45) is 0. The molecule has 4 N–H and O–H groups in total. The van der Waals surface area contributed by atoms with E-state index >= 15 is 0 Å². The maximum absolute atomic E-state index is 11.2. The molecule has 0 spiro atoms. The van der Waals surface area contributed by atoms with E-state index in [4.69, 9.17) is 28.9 Å². The lowest BCUT2D eigenvalue weighted by molar-refractivity contribution is 0.1000. The van der Waals surface area contributed by atoms with E-state index in [0.29, 0.717) is 34.7 Å². The van der Waals surface area contributed by atoms with Gasteiger partial charge in [0.1, 0.15) is 0 Å². The summed E-state index contributed by atoms with van der Waals surface area (Å²) in [7, 11) is 1.68. The molecule has 0 aliphatic carbocycles. The fraction of sp³-hybridized carbons (Fsp3) is 0.176. The van der Waals surface area contributed by atoms with Crippen molar-refractivity contribution in [2.75, 3.05) is 7.05 Å². The topological polar surface area (TPSA) is 79.5 Å². The smallest absolute Gasteiger partial charge is 0.248 e. The second-order valence-electron chi connectivity index (χ2n) is 5.08. The molecule has 0 radical (unpaired) electrons. The minimum absolute atomic E-state index is 0. The number of nitrogens with two attached hydrogens (primary N) is 1. The number of primary amides is 1. The van der Waals surface area contributed by atoms with Crippen LogP contribution in [0.2, 0.25) is 10.0 Å². The lowest BCUT2D eigenvalue weighted by Crippen LogP contribution is -2.36. The number of carbonyl (C=O) groups excluding carboxylic acids is 1. The molecule has 0 fully saturated rings. The standard InChI is InChI=1S/C17H18Cl2N4O.HI/c1-21-17(23-10-13-5-6-14(18)8-15(13)19)22-9-11-3-2-4-12(7-11)16(20)24;/h2-8H,9-10H2,1H3,(H2,20,24)(H2,21,22,23);1H. The first kappa shape index (κ1) is 21.5. The summed E-state index contributed by atoms with van der Waals surface area (Å²) in [4.78, 5) is 15.4. The van der Waals surface area contributed by atoms with Gasteiger partial charge in [0.2, 0.25) is 5.91 Å². The van der Waals surface area contributed by atoms with Crippen LogP contribution in [0, 0.1) is 0 Å². The van der Waals surface area contributed by atoms with Crippen LogP contribution in [0.25, 0.3) is 0 Å². The Balaban J connectivity index is 0.00000312. The van der Waals surface area contributed by atoms with Crippen LogP contribution in [0.15, 0.2) is 47.5 Å². The fourth-order valence-electron chi connectivity index (χ4n) is 2.08. The Morgan fingerprint density at radius 1 is 1.12 bits per heavy atom. The molecular weight excluding hydrogens is 474 g/mol. The molecule has 1 amide bonds. The Labute approximate surface area is 174 Å². The second-order valence-corrected chi connectivity index (χ2v) is 5.92. The van der Waals surface area contributed by atoms with Crippen molar-refractivity contribution in [1.29, 1.82) is 0 Å². The average molecular weight is 493 g/mol. The molecule has 0 aromatic heterocycles. The van der Waals surface area contributed by atoms with Gasteiger partial charge in [-0.15, -0.1) is 24.0 Å². The van der Waals surface area contributed by atoms with Crippen LogP contribution in [-0.2, 0) is 13.1 Å². The summed E-state index contributed by atoms with van der Waals surface area (Å²) in [5.74, 6) is 0.169. The zero-order chi connectivity index (χ0) is 17.5. The third-order valence-electron chi connectivity index (χ3n) is 3.36. The van der Waals surface area contributed by atoms with Crippen LogP contribution < -0.4 is 16.4 Å². The summed E-state index contributed by atoms with van der Waals surface area (Å²) in [6.45, 7) is 1.02. The minimum atomic E-state index is -0.447. The monoisotopic (exact) mass is 492 g/mol. The summed E-state index contributed by atoms with van der Waals surface area (Å²) < 4.78 is 0. The van der Waals surface area contributed by atoms with Gasteiger partial charge in [0.05, 0.1) is 0 Å². The SMILES string of the molecule is CN=C(NCc1cccc(C(N)=O)c1)NCc1ccc(Cl)cc1Cl.I. The molecule has 0 heterocycles. The van der Waals surface area contributed by atoms with Crippen molar-refractivity contribution in [1.82, 2.24) is 10.6 Å². The number of guanidine groups is 1. The number of aliphatic imine (C=N–C) groups is 1. The van der Waals surface area contributed by atoms with Crippen LogP contribution in [0.4, 0.5) is 0 Å². The van der Waals surface area contributed by atoms with Gasteiger partial charge in [-0.3, -0.25) is 9.79 Å². The molecule has 8 heteroatoms. The van der Waals surface area contributed by atoms with Gasteiger partial charge < -0.3 is 16.4 Å². The maximum atomic E-state index is 11.2. The van der Waals surface area contributed by atoms with E-state index in [9.17, 15) is 4.79 Å². The second kappa shape index (κ2) is 10.5. The Hall–Kier alpha value is -1.51. The highest BCUT2D eigenvalue weighted by atomic mass is 127. The lowest BCUT2D eigenvalue weighted by Gasteiger charge is -2.13. The van der Waals surface area contributed by atoms with E-state index in [1.54, 1.807) is 37.4 Å². The zero-order valence-corrected chi connectivity index (χ0v) is 17.4. The first-order valence-electron chi connectivity index (χ1n) is 7.27. The van der Waals surface area contributed by atoms with Gasteiger partial charge in [0.15, 0.2) is 5.96 Å². The van der Waals surface area contributed by atoms with E-state index in [1.165, 1.54) is 0 Å². The lowest BCUT2D eigenvalue weighted by atomic mass is 10.1. The van der Waals surface area contributed by atoms with Crippen LogP contribution in [0.3, 0.4) is 0 Å². The molecular formula is C17H19Cl2IN4O. The van der Waals surface area contributed by atoms with Gasteiger partial charge in [-0.2, -0.15) is 0 Å². The third kappa shape index (κ3) is 6.72. The van der Waals surface area contributed by atoms with Crippen molar-refractivity contribution >= 4 is 59.0 Å². The molecule has 5 nitrogen and oxygen atoms in total. The number of benzene rings is 2. The average Bonchev–Trinajstić information content (AvgIpc) is 2.56. The number of hydrogen-bond acceptors (Lipinski definition) is 2. The fourth-order valence-corrected chi connectivity index (χ4v) is 2.56. The highest BCUT2D eigenvalue weighted by Gasteiger charge is 2.05. The normalized spacial score (nSPS) is 10.8. The van der Waals surface area contributed by atoms with Crippen molar-refractivity contribution in [3.8, 4) is 0 Å². The number of rotatable bonds is 5. The number of hydrogen-bond donors (Lipinski definition) is 3. The predicted octanol–water partition coefficient (Wildman–Crippen LogP) is 3.58. The number of amides is 1. The first-order valence-corrected chi connectivity index (χ1v) is 8.02. The molecule has 0 saturated carbocycles. The molecule has 0 unspecified atom stereocenters. The van der Waals surface area contributed by atoms with Crippen LogP contribution >= 0.6 is 47.2 Å². The highest BCUT2D eigenvalue weighted by Crippen LogP contribution is 2.20. The Morgan fingerprint density at radius 3 is 2.48 bits per heavy atom. The van der Waals surface area contributed by atoms with Gasteiger partial charge in [-0.05, 0) is 35.4 Å². The minimum Gasteiger partial charge on any atom is -0.366 e. The van der Waals surface area contributed by atoms with Crippen molar-refractivity contribution in [2.45, 2.75) is 13.1 Å². The molecule has 25 heavy (non-hydrogen) atoms. The Kier molecular flexibility index (Phi) is 9.02. The van der Waals surface area contributed by atoms with Crippen LogP contribution in [0.5, 0.6) is 0 Å². The number of nitrogens with zero attached hydrogens (tertiary/aromatic N) is 1. The predicted molar refractivity (Wildman–Crippen MR) is 114 cm³/mol. The Bertz CT molecular complexity index is 768. The van der Waals surface area contributed by atoms with E-state index in [-0.39, 0.29) is 24.0 Å². The van der Waals surface area contributed by atoms with E-state index in [0.717, 1.165) is 11.1 Å². The molecule has 0 aliphatic heterocycles. The van der Waals surface area contributed by atoms with E-state index in [1.807, 2.05) is 12.1 Å². The number of halogens is 3. The summed E-state index contributed by atoms with van der Waals surface area (Å²) in [5, 5.41) is 7.54. The van der Waals surface area contributed by atoms with Gasteiger partial charge in [0, 0.05) is 35.7 Å².